The van der Waals surface area contributed by atoms with Crippen molar-refractivity contribution in [2.45, 2.75) is 34.6 Å². The second-order valence-electron chi connectivity index (χ2n) is 7.93. The molecule has 2 unspecified atom stereocenters. The maximum atomic E-state index is 12.9. The number of ether oxygens (including phenoxy) is 2. The molecule has 3 rings (SSSR count). The van der Waals surface area contributed by atoms with Crippen LogP contribution in [0.3, 0.4) is 0 Å². The van der Waals surface area contributed by atoms with Gasteiger partial charge in [0.15, 0.2) is 0 Å². The Morgan fingerprint density at radius 2 is 1.54 bits per heavy atom. The molecule has 0 bridgehead atoms. The maximum Gasteiger partial charge on any atom is 0.318 e. The van der Waals surface area contributed by atoms with Crippen molar-refractivity contribution in [2.75, 3.05) is 0 Å². The highest BCUT2D eigenvalue weighted by Crippen LogP contribution is 2.70. The van der Waals surface area contributed by atoms with E-state index in [1.807, 2.05) is 49.4 Å². The summed E-state index contributed by atoms with van der Waals surface area (Å²) in [5.41, 5.74) is 0.595. The zero-order valence-corrected chi connectivity index (χ0v) is 16.1. The van der Waals surface area contributed by atoms with Crippen molar-refractivity contribution in [3.8, 4) is 17.2 Å². The first-order valence-electron chi connectivity index (χ1n) is 8.95. The van der Waals surface area contributed by atoms with Gasteiger partial charge >= 0.3 is 5.97 Å². The second kappa shape index (κ2) is 6.64. The molecule has 3 heteroatoms. The molecule has 1 aliphatic rings. The molecule has 0 amide bonds. The summed E-state index contributed by atoms with van der Waals surface area (Å²) in [6.45, 7) is 10.3. The molecule has 1 fully saturated rings. The maximum absolute atomic E-state index is 12.9. The van der Waals surface area contributed by atoms with Gasteiger partial charge in [-0.3, -0.25) is 4.79 Å². The molecule has 1 aliphatic carbocycles. The lowest BCUT2D eigenvalue weighted by Gasteiger charge is -2.14. The first kappa shape index (κ1) is 18.2. The van der Waals surface area contributed by atoms with Gasteiger partial charge in [-0.05, 0) is 56.4 Å². The van der Waals surface area contributed by atoms with Gasteiger partial charge in [0.1, 0.15) is 17.2 Å². The zero-order chi connectivity index (χ0) is 18.9. The van der Waals surface area contributed by atoms with Crippen molar-refractivity contribution in [3.63, 3.8) is 0 Å². The van der Waals surface area contributed by atoms with E-state index in [1.165, 1.54) is 5.57 Å². The van der Waals surface area contributed by atoms with Gasteiger partial charge in [-0.25, -0.2) is 0 Å². The van der Waals surface area contributed by atoms with E-state index in [-0.39, 0.29) is 17.3 Å². The smallest absolute Gasteiger partial charge is 0.318 e. The summed E-state index contributed by atoms with van der Waals surface area (Å²) in [4.78, 5) is 12.9. The Bertz CT molecular complexity index is 832. The molecule has 2 aromatic rings. The Hall–Kier alpha value is -2.55. The number of rotatable bonds is 5. The van der Waals surface area contributed by atoms with E-state index < -0.39 is 5.41 Å². The Labute approximate surface area is 155 Å². The summed E-state index contributed by atoms with van der Waals surface area (Å²) >= 11 is 0. The van der Waals surface area contributed by atoms with Crippen molar-refractivity contribution >= 4 is 5.97 Å². The van der Waals surface area contributed by atoms with Crippen LogP contribution in [0.25, 0.3) is 0 Å². The van der Waals surface area contributed by atoms with Crippen LogP contribution in [0.2, 0.25) is 0 Å². The quantitative estimate of drug-likeness (QED) is 0.376. The number of hydrogen-bond donors (Lipinski definition) is 0. The summed E-state index contributed by atoms with van der Waals surface area (Å²) in [6, 6.07) is 16.7. The van der Waals surface area contributed by atoms with Crippen LogP contribution in [-0.4, -0.2) is 5.97 Å². The van der Waals surface area contributed by atoms with Crippen LogP contribution < -0.4 is 9.47 Å². The first-order chi connectivity index (χ1) is 12.2. The van der Waals surface area contributed by atoms with Gasteiger partial charge in [-0.2, -0.15) is 0 Å². The average molecular weight is 350 g/mol. The Morgan fingerprint density at radius 3 is 2.19 bits per heavy atom. The average Bonchev–Trinajstić information content (AvgIpc) is 3.02. The number of esters is 1. The molecule has 0 aliphatic heterocycles. The largest absolute Gasteiger partial charge is 0.457 e. The number of hydrogen-bond acceptors (Lipinski definition) is 3. The molecule has 0 heterocycles. The molecule has 2 atom stereocenters. The van der Waals surface area contributed by atoms with E-state index in [2.05, 4.69) is 33.8 Å². The molecule has 3 nitrogen and oxygen atoms in total. The summed E-state index contributed by atoms with van der Waals surface area (Å²) in [7, 11) is 0. The van der Waals surface area contributed by atoms with Crippen LogP contribution in [0, 0.1) is 16.7 Å². The molecule has 2 aromatic carbocycles. The fourth-order valence-electron chi connectivity index (χ4n) is 3.56. The third-order valence-electron chi connectivity index (χ3n) is 5.57. The molecular weight excluding hydrogens is 324 g/mol. The number of para-hydroxylation sites is 1. The minimum Gasteiger partial charge on any atom is -0.457 e. The summed E-state index contributed by atoms with van der Waals surface area (Å²) in [6.07, 6.45) is 2.18. The molecule has 0 radical (unpaired) electrons. The fraction of sp³-hybridized carbons (Fsp3) is 0.348. The molecule has 0 N–H and O–H groups in total. The topological polar surface area (TPSA) is 35.5 Å². The molecule has 1 saturated carbocycles. The number of carbonyl (C=O) groups is 1. The van der Waals surface area contributed by atoms with Crippen LogP contribution in [-0.2, 0) is 4.79 Å². The van der Waals surface area contributed by atoms with Gasteiger partial charge in [0.05, 0.1) is 5.41 Å². The van der Waals surface area contributed by atoms with Gasteiger partial charge < -0.3 is 9.47 Å². The lowest BCUT2D eigenvalue weighted by Crippen LogP contribution is -2.24. The number of allylic oxidation sites excluding steroid dienone is 2. The third-order valence-corrected chi connectivity index (χ3v) is 5.57. The number of benzene rings is 2. The standard InChI is InChI=1S/C23H26O3/c1-16(2)14-20-22(3,4)23(20,5)21(24)26-19-13-9-12-18(15-19)25-17-10-7-6-8-11-17/h6-15,20H,1-5H3. The highest BCUT2D eigenvalue weighted by Gasteiger charge is 2.72. The van der Waals surface area contributed by atoms with Crippen molar-refractivity contribution in [1.82, 2.24) is 0 Å². The van der Waals surface area contributed by atoms with Gasteiger partial charge in [-0.15, -0.1) is 0 Å². The van der Waals surface area contributed by atoms with Crippen LogP contribution in [0.4, 0.5) is 0 Å². The minimum atomic E-state index is -0.513. The third kappa shape index (κ3) is 3.26. The summed E-state index contributed by atoms with van der Waals surface area (Å²) < 4.78 is 11.5. The van der Waals surface area contributed by atoms with Gasteiger partial charge in [0.2, 0.25) is 0 Å². The van der Waals surface area contributed by atoms with Crippen molar-refractivity contribution in [3.05, 3.63) is 66.2 Å². The van der Waals surface area contributed by atoms with Crippen LogP contribution >= 0.6 is 0 Å². The molecule has 136 valence electrons. The minimum absolute atomic E-state index is 0.112. The predicted molar refractivity (Wildman–Crippen MR) is 103 cm³/mol. The van der Waals surface area contributed by atoms with E-state index in [0.29, 0.717) is 11.5 Å². The van der Waals surface area contributed by atoms with Gasteiger partial charge in [0, 0.05) is 6.07 Å². The van der Waals surface area contributed by atoms with E-state index >= 15 is 0 Å². The summed E-state index contributed by atoms with van der Waals surface area (Å²) in [5, 5.41) is 0. The Balaban J connectivity index is 1.74. The van der Waals surface area contributed by atoms with Gasteiger partial charge in [0.25, 0.3) is 0 Å². The highest BCUT2D eigenvalue weighted by molar-refractivity contribution is 5.84. The lowest BCUT2D eigenvalue weighted by atomic mass is 9.98. The van der Waals surface area contributed by atoms with E-state index in [1.54, 1.807) is 12.1 Å². The van der Waals surface area contributed by atoms with Crippen LogP contribution in [0.15, 0.2) is 66.2 Å². The molecule has 0 saturated heterocycles. The molecule has 0 spiro atoms. The second-order valence-corrected chi connectivity index (χ2v) is 7.93. The fourth-order valence-corrected chi connectivity index (χ4v) is 3.56. The normalized spacial score (nSPS) is 23.0. The first-order valence-corrected chi connectivity index (χ1v) is 8.95. The molecular formula is C23H26O3. The predicted octanol–water partition coefficient (Wildman–Crippen LogP) is 6.01. The molecule has 26 heavy (non-hydrogen) atoms. The zero-order valence-electron chi connectivity index (χ0n) is 16.1. The van der Waals surface area contributed by atoms with E-state index in [4.69, 9.17) is 9.47 Å². The SMILES string of the molecule is CC(C)=CC1C(C)(C)C1(C)C(=O)Oc1cccc(Oc2ccccc2)c1. The molecule has 0 aromatic heterocycles. The van der Waals surface area contributed by atoms with E-state index in [9.17, 15) is 4.79 Å². The van der Waals surface area contributed by atoms with Crippen LogP contribution in [0.1, 0.15) is 34.6 Å². The van der Waals surface area contributed by atoms with Crippen LogP contribution in [0.5, 0.6) is 17.2 Å². The van der Waals surface area contributed by atoms with Crippen molar-refractivity contribution < 1.29 is 14.3 Å². The Kier molecular flexibility index (Phi) is 4.66. The van der Waals surface area contributed by atoms with Crippen molar-refractivity contribution in [1.29, 1.82) is 0 Å². The highest BCUT2D eigenvalue weighted by atomic mass is 16.5. The van der Waals surface area contributed by atoms with Gasteiger partial charge in [-0.1, -0.05) is 49.8 Å². The monoisotopic (exact) mass is 350 g/mol. The van der Waals surface area contributed by atoms with E-state index in [0.717, 1.165) is 5.75 Å². The Morgan fingerprint density at radius 1 is 0.923 bits per heavy atom. The number of carbonyl (C=O) groups excluding carboxylic acids is 1. The summed E-state index contributed by atoms with van der Waals surface area (Å²) in [5.74, 6) is 1.89. The van der Waals surface area contributed by atoms with Crippen molar-refractivity contribution in [2.24, 2.45) is 16.7 Å². The lowest BCUT2D eigenvalue weighted by molar-refractivity contribution is -0.141.